The molecule has 1 aromatic carbocycles. The molecular formula is C18H22N4O4. The molecule has 1 fully saturated rings. The van der Waals surface area contributed by atoms with Gasteiger partial charge in [0.15, 0.2) is 0 Å². The summed E-state index contributed by atoms with van der Waals surface area (Å²) in [6.45, 7) is 2.56. The average molecular weight is 358 g/mol. The number of hydrogen-bond acceptors (Lipinski definition) is 5. The van der Waals surface area contributed by atoms with E-state index < -0.39 is 11.8 Å². The number of carbonyl (C=O) groups is 1. The number of benzene rings is 1. The van der Waals surface area contributed by atoms with Crippen LogP contribution in [0.15, 0.2) is 35.1 Å². The van der Waals surface area contributed by atoms with Crippen molar-refractivity contribution in [3.8, 4) is 5.88 Å². The fraction of sp³-hybridized carbons (Fsp3) is 0.444. The van der Waals surface area contributed by atoms with Crippen molar-refractivity contribution in [1.82, 2.24) is 19.5 Å². The first kappa shape index (κ1) is 16.7. The van der Waals surface area contributed by atoms with Crippen molar-refractivity contribution in [2.24, 2.45) is 0 Å². The minimum atomic E-state index is -0.607. The second kappa shape index (κ2) is 6.87. The fourth-order valence-electron chi connectivity index (χ4n) is 3.70. The van der Waals surface area contributed by atoms with Crippen LogP contribution in [0.3, 0.4) is 0 Å². The molecule has 0 bridgehead atoms. The average Bonchev–Trinajstić information content (AvgIpc) is 2.94. The van der Waals surface area contributed by atoms with Crippen molar-refractivity contribution in [1.29, 1.82) is 0 Å². The number of imidazole rings is 1. The van der Waals surface area contributed by atoms with Gasteiger partial charge >= 0.3 is 11.8 Å². The van der Waals surface area contributed by atoms with E-state index in [-0.39, 0.29) is 5.88 Å². The zero-order valence-electron chi connectivity index (χ0n) is 14.4. The maximum atomic E-state index is 12.4. The van der Waals surface area contributed by atoms with Crippen LogP contribution in [0.2, 0.25) is 0 Å². The van der Waals surface area contributed by atoms with Gasteiger partial charge in [0.1, 0.15) is 0 Å². The number of amides is 1. The van der Waals surface area contributed by atoms with Gasteiger partial charge in [0.25, 0.3) is 5.88 Å². The number of carbonyl (C=O) groups excluding carboxylic acids is 1. The number of nitrogens with zero attached hydrogens (tertiary/aromatic N) is 3. The Morgan fingerprint density at radius 3 is 2.58 bits per heavy atom. The lowest BCUT2D eigenvalue weighted by molar-refractivity contribution is 0.0716. The van der Waals surface area contributed by atoms with Crippen LogP contribution < -0.4 is 15.8 Å². The predicted octanol–water partition coefficient (Wildman–Crippen LogP) is 0.887. The molecule has 4 rings (SSSR count). The van der Waals surface area contributed by atoms with Gasteiger partial charge in [0, 0.05) is 32.7 Å². The summed E-state index contributed by atoms with van der Waals surface area (Å²) < 4.78 is 2.13. The molecular weight excluding hydrogens is 336 g/mol. The Hall–Kier alpha value is -2.74. The third-order valence-corrected chi connectivity index (χ3v) is 5.18. The number of aromatic hydroxyl groups is 1. The van der Waals surface area contributed by atoms with Gasteiger partial charge in [-0.3, -0.25) is 4.57 Å². The standard InChI is InChI=1S/C18H22N4O4/c23-16-15-12-19-8-11-21(15)17(24)22(16)26-18(25)20-9-6-14(7-10-20)13-4-2-1-3-5-13/h1-5,14,19,23H,6-12H2. The molecule has 8 heteroatoms. The summed E-state index contributed by atoms with van der Waals surface area (Å²) in [4.78, 5) is 31.6. The summed E-state index contributed by atoms with van der Waals surface area (Å²) in [5.41, 5.74) is 1.20. The van der Waals surface area contributed by atoms with Crippen LogP contribution in [0, 0.1) is 0 Å². The van der Waals surface area contributed by atoms with Gasteiger partial charge in [-0.1, -0.05) is 35.1 Å². The van der Waals surface area contributed by atoms with E-state index in [2.05, 4.69) is 17.4 Å². The molecule has 2 aliphatic heterocycles. The van der Waals surface area contributed by atoms with E-state index >= 15 is 0 Å². The lowest BCUT2D eigenvalue weighted by Crippen LogP contribution is -2.44. The molecule has 26 heavy (non-hydrogen) atoms. The minimum Gasteiger partial charge on any atom is -0.491 e. The molecule has 3 heterocycles. The van der Waals surface area contributed by atoms with Gasteiger partial charge in [-0.2, -0.15) is 0 Å². The summed E-state index contributed by atoms with van der Waals surface area (Å²) in [6.07, 6.45) is 1.08. The molecule has 1 saturated heterocycles. The molecule has 0 radical (unpaired) electrons. The summed E-state index contributed by atoms with van der Waals surface area (Å²) in [6, 6.07) is 10.3. The van der Waals surface area contributed by atoms with E-state index in [9.17, 15) is 14.7 Å². The Labute approximate surface area is 150 Å². The Bertz CT molecular complexity index is 850. The number of piperidine rings is 1. The van der Waals surface area contributed by atoms with Gasteiger partial charge in [-0.05, 0) is 24.3 Å². The lowest BCUT2D eigenvalue weighted by atomic mass is 9.90. The van der Waals surface area contributed by atoms with E-state index in [0.29, 0.717) is 49.1 Å². The van der Waals surface area contributed by atoms with Gasteiger partial charge in [0.2, 0.25) is 0 Å². The van der Waals surface area contributed by atoms with Crippen LogP contribution >= 0.6 is 0 Å². The molecule has 0 aliphatic carbocycles. The highest BCUT2D eigenvalue weighted by Crippen LogP contribution is 2.28. The minimum absolute atomic E-state index is 0.310. The van der Waals surface area contributed by atoms with Crippen molar-refractivity contribution in [2.75, 3.05) is 19.6 Å². The molecule has 8 nitrogen and oxygen atoms in total. The van der Waals surface area contributed by atoms with Gasteiger partial charge in [0.05, 0.1) is 5.69 Å². The van der Waals surface area contributed by atoms with Crippen LogP contribution in [-0.4, -0.2) is 45.0 Å². The van der Waals surface area contributed by atoms with E-state index in [1.165, 1.54) is 10.1 Å². The van der Waals surface area contributed by atoms with Gasteiger partial charge in [-0.25, -0.2) is 9.59 Å². The third kappa shape index (κ3) is 2.96. The summed E-state index contributed by atoms with van der Waals surface area (Å²) in [5.74, 6) is 0.110. The van der Waals surface area contributed by atoms with E-state index in [4.69, 9.17) is 4.84 Å². The first-order chi connectivity index (χ1) is 12.6. The summed E-state index contributed by atoms with van der Waals surface area (Å²) in [5, 5.41) is 13.3. The summed E-state index contributed by atoms with van der Waals surface area (Å²) in [7, 11) is 0. The van der Waals surface area contributed by atoms with E-state index in [1.54, 1.807) is 4.90 Å². The molecule has 1 aromatic heterocycles. The topological polar surface area (TPSA) is 88.7 Å². The molecule has 1 amide bonds. The van der Waals surface area contributed by atoms with Gasteiger partial charge in [-0.15, -0.1) is 0 Å². The molecule has 2 N–H and O–H groups in total. The molecule has 0 saturated carbocycles. The molecule has 0 spiro atoms. The van der Waals surface area contributed by atoms with Crippen LogP contribution in [0.25, 0.3) is 0 Å². The van der Waals surface area contributed by atoms with Crippen molar-refractivity contribution < 1.29 is 14.7 Å². The van der Waals surface area contributed by atoms with Crippen molar-refractivity contribution in [3.05, 3.63) is 52.1 Å². The van der Waals surface area contributed by atoms with Gasteiger partial charge < -0.3 is 20.2 Å². The highest BCUT2D eigenvalue weighted by Gasteiger charge is 2.28. The highest BCUT2D eigenvalue weighted by atomic mass is 16.7. The predicted molar refractivity (Wildman–Crippen MR) is 94.0 cm³/mol. The Kier molecular flexibility index (Phi) is 4.42. The molecule has 138 valence electrons. The monoisotopic (exact) mass is 358 g/mol. The second-order valence-corrected chi connectivity index (χ2v) is 6.70. The highest BCUT2D eigenvalue weighted by molar-refractivity contribution is 5.68. The summed E-state index contributed by atoms with van der Waals surface area (Å²) >= 11 is 0. The lowest BCUT2D eigenvalue weighted by Gasteiger charge is -2.31. The van der Waals surface area contributed by atoms with Crippen LogP contribution in [-0.2, 0) is 13.1 Å². The number of likely N-dealkylation sites (tertiary alicyclic amines) is 1. The smallest absolute Gasteiger partial charge is 0.434 e. The number of hydrogen-bond donors (Lipinski definition) is 2. The molecule has 0 atom stereocenters. The number of aromatic nitrogens is 2. The molecule has 2 aliphatic rings. The van der Waals surface area contributed by atoms with Crippen LogP contribution in [0.4, 0.5) is 4.79 Å². The quantitative estimate of drug-likeness (QED) is 0.832. The molecule has 0 unspecified atom stereocenters. The van der Waals surface area contributed by atoms with Crippen molar-refractivity contribution in [3.63, 3.8) is 0 Å². The largest absolute Gasteiger partial charge is 0.491 e. The zero-order valence-corrected chi connectivity index (χ0v) is 14.4. The maximum absolute atomic E-state index is 12.4. The zero-order chi connectivity index (χ0) is 18.1. The Balaban J connectivity index is 1.42. The maximum Gasteiger partial charge on any atom is 0.434 e. The Morgan fingerprint density at radius 1 is 1.15 bits per heavy atom. The van der Waals surface area contributed by atoms with Crippen LogP contribution in [0.5, 0.6) is 5.88 Å². The Morgan fingerprint density at radius 2 is 1.88 bits per heavy atom. The normalized spacial score (nSPS) is 17.8. The number of fused-ring (bicyclic) bond motifs is 1. The van der Waals surface area contributed by atoms with E-state index in [1.807, 2.05) is 18.2 Å². The third-order valence-electron chi connectivity index (χ3n) is 5.18. The fourth-order valence-corrected chi connectivity index (χ4v) is 3.70. The second-order valence-electron chi connectivity index (χ2n) is 6.70. The van der Waals surface area contributed by atoms with Crippen molar-refractivity contribution in [2.45, 2.75) is 31.8 Å². The number of nitrogens with one attached hydrogen (secondary N) is 1. The first-order valence-electron chi connectivity index (χ1n) is 8.91. The van der Waals surface area contributed by atoms with Crippen molar-refractivity contribution >= 4 is 6.09 Å². The first-order valence-corrected chi connectivity index (χ1v) is 8.91. The molecule has 2 aromatic rings. The van der Waals surface area contributed by atoms with E-state index in [0.717, 1.165) is 12.8 Å². The SMILES string of the molecule is O=C(On1c(O)c2n(c1=O)CCNC2)N1CCC(c2ccccc2)CC1. The number of rotatable bonds is 2. The van der Waals surface area contributed by atoms with Crippen LogP contribution in [0.1, 0.15) is 30.0 Å².